The average molecular weight is 276 g/mol. The zero-order valence-electron chi connectivity index (χ0n) is 12.9. The third-order valence-corrected chi connectivity index (χ3v) is 6.37. The third kappa shape index (κ3) is 2.09. The van der Waals surface area contributed by atoms with Crippen molar-refractivity contribution in [2.24, 2.45) is 22.7 Å². The SMILES string of the molecule is CC12CC3CC(C)(C1)CC(NC(=O)CC1CNC1)(C3)C2. The second kappa shape index (κ2) is 4.00. The largest absolute Gasteiger partial charge is 0.351 e. The summed E-state index contributed by atoms with van der Waals surface area (Å²) in [5.74, 6) is 1.74. The number of carbonyl (C=O) groups is 1. The fourth-order valence-corrected chi connectivity index (χ4v) is 6.69. The zero-order chi connectivity index (χ0) is 14.0. The van der Waals surface area contributed by atoms with Crippen LogP contribution in [-0.2, 0) is 4.79 Å². The highest BCUT2D eigenvalue weighted by Crippen LogP contribution is 2.66. The van der Waals surface area contributed by atoms with Crippen LogP contribution in [0.4, 0.5) is 0 Å². The van der Waals surface area contributed by atoms with Crippen molar-refractivity contribution in [3.05, 3.63) is 0 Å². The van der Waals surface area contributed by atoms with Crippen molar-refractivity contribution in [3.8, 4) is 0 Å². The summed E-state index contributed by atoms with van der Waals surface area (Å²) < 4.78 is 0. The molecular weight excluding hydrogens is 248 g/mol. The molecule has 1 amide bonds. The lowest BCUT2D eigenvalue weighted by Crippen LogP contribution is -2.65. The minimum absolute atomic E-state index is 0.136. The van der Waals surface area contributed by atoms with E-state index in [1.807, 2.05) is 0 Å². The van der Waals surface area contributed by atoms with E-state index in [9.17, 15) is 4.79 Å². The molecule has 0 spiro atoms. The van der Waals surface area contributed by atoms with Gasteiger partial charge >= 0.3 is 0 Å². The second-order valence-corrected chi connectivity index (χ2v) is 9.19. The van der Waals surface area contributed by atoms with E-state index in [4.69, 9.17) is 0 Å². The highest BCUT2D eigenvalue weighted by atomic mass is 16.1. The van der Waals surface area contributed by atoms with Crippen molar-refractivity contribution in [2.75, 3.05) is 13.1 Å². The van der Waals surface area contributed by atoms with Gasteiger partial charge in [0.2, 0.25) is 5.91 Å². The Morgan fingerprint density at radius 3 is 2.25 bits per heavy atom. The Morgan fingerprint density at radius 2 is 1.75 bits per heavy atom. The molecule has 5 aliphatic rings. The van der Waals surface area contributed by atoms with Crippen LogP contribution in [0.2, 0.25) is 0 Å². The van der Waals surface area contributed by atoms with Crippen molar-refractivity contribution in [1.29, 1.82) is 0 Å². The van der Waals surface area contributed by atoms with Crippen molar-refractivity contribution in [2.45, 2.75) is 64.3 Å². The van der Waals surface area contributed by atoms with E-state index in [1.165, 1.54) is 38.5 Å². The highest BCUT2D eigenvalue weighted by molar-refractivity contribution is 5.77. The molecule has 4 saturated carbocycles. The van der Waals surface area contributed by atoms with Crippen LogP contribution >= 0.6 is 0 Å². The Morgan fingerprint density at radius 1 is 1.10 bits per heavy atom. The van der Waals surface area contributed by atoms with Crippen molar-refractivity contribution in [3.63, 3.8) is 0 Å². The summed E-state index contributed by atoms with van der Waals surface area (Å²) in [5.41, 5.74) is 1.11. The molecule has 5 fully saturated rings. The van der Waals surface area contributed by atoms with E-state index < -0.39 is 0 Å². The molecule has 0 aromatic carbocycles. The molecule has 2 N–H and O–H groups in total. The van der Waals surface area contributed by atoms with E-state index in [0.29, 0.717) is 22.7 Å². The molecule has 1 heterocycles. The lowest BCUT2D eigenvalue weighted by molar-refractivity contribution is -0.140. The Hall–Kier alpha value is -0.570. The van der Waals surface area contributed by atoms with Crippen molar-refractivity contribution >= 4 is 5.91 Å². The van der Waals surface area contributed by atoms with Crippen LogP contribution in [0.5, 0.6) is 0 Å². The van der Waals surface area contributed by atoms with E-state index in [1.54, 1.807) is 0 Å². The summed E-state index contributed by atoms with van der Waals surface area (Å²) in [7, 11) is 0. The molecule has 0 radical (unpaired) electrons. The summed E-state index contributed by atoms with van der Waals surface area (Å²) in [5, 5.41) is 6.77. The fourth-order valence-electron chi connectivity index (χ4n) is 6.69. The Balaban J connectivity index is 1.50. The maximum absolute atomic E-state index is 12.4. The monoisotopic (exact) mass is 276 g/mol. The van der Waals surface area contributed by atoms with Gasteiger partial charge in [0.1, 0.15) is 0 Å². The minimum Gasteiger partial charge on any atom is -0.351 e. The molecule has 0 aromatic heterocycles. The van der Waals surface area contributed by atoms with Gasteiger partial charge in [0.25, 0.3) is 0 Å². The Bertz CT molecular complexity index is 424. The van der Waals surface area contributed by atoms with Crippen LogP contribution in [0.15, 0.2) is 0 Å². The molecule has 1 aliphatic heterocycles. The minimum atomic E-state index is 0.136. The van der Waals surface area contributed by atoms with Gasteiger partial charge in [0, 0.05) is 12.0 Å². The zero-order valence-corrected chi connectivity index (χ0v) is 12.9. The van der Waals surface area contributed by atoms with E-state index >= 15 is 0 Å². The van der Waals surface area contributed by atoms with Crippen LogP contribution in [0, 0.1) is 22.7 Å². The summed E-state index contributed by atoms with van der Waals surface area (Å²) >= 11 is 0. The van der Waals surface area contributed by atoms with Gasteiger partial charge in [-0.05, 0) is 74.3 Å². The van der Waals surface area contributed by atoms with Gasteiger partial charge < -0.3 is 10.6 Å². The molecular formula is C17H28N2O. The first-order valence-corrected chi connectivity index (χ1v) is 8.40. The molecule has 2 unspecified atom stereocenters. The van der Waals surface area contributed by atoms with E-state index in [0.717, 1.165) is 25.4 Å². The van der Waals surface area contributed by atoms with Crippen LogP contribution < -0.4 is 10.6 Å². The molecule has 5 rings (SSSR count). The van der Waals surface area contributed by atoms with Gasteiger partial charge in [-0.3, -0.25) is 4.79 Å². The fraction of sp³-hybridized carbons (Fsp3) is 0.941. The predicted molar refractivity (Wildman–Crippen MR) is 79.3 cm³/mol. The first kappa shape index (κ1) is 13.1. The predicted octanol–water partition coefficient (Wildman–Crippen LogP) is 2.46. The smallest absolute Gasteiger partial charge is 0.220 e. The van der Waals surface area contributed by atoms with E-state index in [-0.39, 0.29) is 5.54 Å². The summed E-state index contributed by atoms with van der Waals surface area (Å²) in [6.07, 6.45) is 8.58. The number of amides is 1. The average Bonchev–Trinajstić information content (AvgIpc) is 2.17. The molecule has 1 saturated heterocycles. The molecule has 112 valence electrons. The maximum Gasteiger partial charge on any atom is 0.220 e. The molecule has 2 atom stereocenters. The summed E-state index contributed by atoms with van der Waals surface area (Å²) in [4.78, 5) is 12.4. The molecule has 3 nitrogen and oxygen atoms in total. The quantitative estimate of drug-likeness (QED) is 0.831. The first-order chi connectivity index (χ1) is 9.38. The van der Waals surface area contributed by atoms with Crippen molar-refractivity contribution in [1.82, 2.24) is 10.6 Å². The summed E-state index contributed by atoms with van der Waals surface area (Å²) in [6.45, 7) is 6.98. The van der Waals surface area contributed by atoms with Gasteiger partial charge in [-0.25, -0.2) is 0 Å². The van der Waals surface area contributed by atoms with Crippen LogP contribution in [0.25, 0.3) is 0 Å². The van der Waals surface area contributed by atoms with Crippen LogP contribution in [-0.4, -0.2) is 24.5 Å². The van der Waals surface area contributed by atoms with Gasteiger partial charge in [0.15, 0.2) is 0 Å². The van der Waals surface area contributed by atoms with Gasteiger partial charge in [-0.1, -0.05) is 13.8 Å². The number of nitrogens with one attached hydrogen (secondary N) is 2. The number of hydrogen-bond donors (Lipinski definition) is 2. The van der Waals surface area contributed by atoms with Crippen molar-refractivity contribution < 1.29 is 4.79 Å². The molecule has 4 bridgehead atoms. The normalized spacial score (nSPS) is 50.0. The van der Waals surface area contributed by atoms with E-state index in [2.05, 4.69) is 24.5 Å². The Labute approximate surface area is 122 Å². The molecule has 20 heavy (non-hydrogen) atoms. The highest BCUT2D eigenvalue weighted by Gasteiger charge is 2.60. The number of hydrogen-bond acceptors (Lipinski definition) is 2. The standard InChI is InChI=1S/C17H28N2O/c1-15-4-13-5-16(2,9-15)11-17(6-13,10-15)19-14(20)3-12-7-18-8-12/h12-13,18H,3-11H2,1-2H3,(H,19,20). The first-order valence-electron chi connectivity index (χ1n) is 8.40. The van der Waals surface area contributed by atoms with Crippen LogP contribution in [0.1, 0.15) is 58.8 Å². The maximum atomic E-state index is 12.4. The molecule has 4 aliphatic carbocycles. The molecule has 3 heteroatoms. The lowest BCUT2D eigenvalue weighted by atomic mass is 9.43. The third-order valence-electron chi connectivity index (χ3n) is 6.37. The topological polar surface area (TPSA) is 41.1 Å². The van der Waals surface area contributed by atoms with Gasteiger partial charge in [0.05, 0.1) is 0 Å². The van der Waals surface area contributed by atoms with Gasteiger partial charge in [-0.2, -0.15) is 0 Å². The number of rotatable bonds is 3. The Kier molecular flexibility index (Phi) is 2.62. The number of carbonyl (C=O) groups excluding carboxylic acids is 1. The summed E-state index contributed by atoms with van der Waals surface area (Å²) in [6, 6.07) is 0. The second-order valence-electron chi connectivity index (χ2n) is 9.19. The lowest BCUT2D eigenvalue weighted by Gasteiger charge is -2.65. The van der Waals surface area contributed by atoms with Crippen LogP contribution in [0.3, 0.4) is 0 Å². The molecule has 0 aromatic rings. The van der Waals surface area contributed by atoms with Gasteiger partial charge in [-0.15, -0.1) is 0 Å².